The average molecular weight is 633 g/mol. The molecule has 0 aliphatic heterocycles. The number of hydrogen-bond acceptors (Lipinski definition) is 7. The van der Waals surface area contributed by atoms with Gasteiger partial charge in [0.25, 0.3) is 0 Å². The average Bonchev–Trinajstić information content (AvgIpc) is 3.87. The van der Waals surface area contributed by atoms with Crippen molar-refractivity contribution >= 4 is 23.6 Å². The Kier molecular flexibility index (Phi) is 12.8. The molecule has 0 bridgehead atoms. The molecule has 3 aromatic heterocycles. The van der Waals surface area contributed by atoms with Gasteiger partial charge in [-0.2, -0.15) is 0 Å². The molecule has 0 saturated heterocycles. The fourth-order valence-electron chi connectivity index (χ4n) is 5.44. The number of nitrogens with one attached hydrogen (secondary N) is 1. The first-order chi connectivity index (χ1) is 22.7. The number of phenolic OH excluding ortho intramolecular Hbond substituents is 2. The van der Waals surface area contributed by atoms with Crippen LogP contribution in [0.15, 0.2) is 85.2 Å². The van der Waals surface area contributed by atoms with Crippen LogP contribution < -0.4 is 11.1 Å². The number of carbonyl (C=O) groups excluding carboxylic acids is 1. The second kappa shape index (κ2) is 17.4. The largest absolute Gasteiger partial charge is 0.508 e. The predicted octanol–water partition coefficient (Wildman–Crippen LogP) is 8.40. The molecule has 47 heavy (non-hydrogen) atoms. The van der Waals surface area contributed by atoms with E-state index in [9.17, 15) is 9.90 Å². The number of hydrogen-bond donors (Lipinski definition) is 4. The fourth-order valence-corrected chi connectivity index (χ4v) is 5.44. The molecule has 0 amide bonds. The van der Waals surface area contributed by atoms with Gasteiger partial charge in [0.05, 0.1) is 0 Å². The lowest BCUT2D eigenvalue weighted by atomic mass is 10.1. The molecule has 9 nitrogen and oxygen atoms in total. The molecule has 9 heteroatoms. The number of anilines is 2. The zero-order valence-electron chi connectivity index (χ0n) is 27.1. The number of nitrogens with two attached hydrogens (primary N) is 1. The molecule has 0 atom stereocenters. The number of imidazole rings is 1. The SMILES string of the molecule is Cc1ccc(N)nc1.Cc1ccc2nc(-c3ccc(O)cc3)c(NC3CCCC3)n2c1.O=Cc1ccc(O)cc1.[C-]#[N+]C1CCCC1. The number of fused-ring (bicyclic) bond motifs is 1. The van der Waals surface area contributed by atoms with Crippen LogP contribution in [-0.4, -0.2) is 43.0 Å². The molecule has 0 radical (unpaired) electrons. The van der Waals surface area contributed by atoms with Crippen molar-refractivity contribution in [3.8, 4) is 22.8 Å². The third kappa shape index (κ3) is 10.6. The summed E-state index contributed by atoms with van der Waals surface area (Å²) in [6.07, 6.45) is 14.5. The number of aromatic nitrogens is 3. The van der Waals surface area contributed by atoms with Crippen molar-refractivity contribution in [2.45, 2.75) is 77.3 Å². The summed E-state index contributed by atoms with van der Waals surface area (Å²) in [6.45, 7) is 10.7. The summed E-state index contributed by atoms with van der Waals surface area (Å²) in [5.74, 6) is 2.09. The third-order valence-electron chi connectivity index (χ3n) is 8.07. The van der Waals surface area contributed by atoms with E-state index in [4.69, 9.17) is 22.4 Å². The second-order valence-electron chi connectivity index (χ2n) is 12.0. The van der Waals surface area contributed by atoms with Gasteiger partial charge in [-0.3, -0.25) is 9.20 Å². The lowest BCUT2D eigenvalue weighted by molar-refractivity contribution is 0.112. The molecule has 244 valence electrons. The Morgan fingerprint density at radius 3 is 1.98 bits per heavy atom. The van der Waals surface area contributed by atoms with Crippen LogP contribution >= 0.6 is 0 Å². The van der Waals surface area contributed by atoms with E-state index in [0.29, 0.717) is 23.5 Å². The zero-order chi connectivity index (χ0) is 33.6. The van der Waals surface area contributed by atoms with Crippen molar-refractivity contribution in [2.75, 3.05) is 11.1 Å². The van der Waals surface area contributed by atoms with Crippen molar-refractivity contribution < 1.29 is 15.0 Å². The van der Waals surface area contributed by atoms with Crippen LogP contribution in [0.5, 0.6) is 11.5 Å². The number of benzene rings is 2. The van der Waals surface area contributed by atoms with Crippen molar-refractivity contribution in [2.24, 2.45) is 0 Å². The predicted molar refractivity (Wildman–Crippen MR) is 189 cm³/mol. The Labute approximate surface area is 277 Å². The molecule has 7 rings (SSSR count). The number of nitrogens with zero attached hydrogens (tertiary/aromatic N) is 4. The first kappa shape index (κ1) is 34.5. The van der Waals surface area contributed by atoms with Gasteiger partial charge in [-0.15, -0.1) is 0 Å². The Morgan fingerprint density at radius 2 is 1.45 bits per heavy atom. The van der Waals surface area contributed by atoms with Crippen LogP contribution in [0.1, 0.15) is 72.9 Å². The van der Waals surface area contributed by atoms with Crippen LogP contribution in [0.25, 0.3) is 21.7 Å². The second-order valence-corrected chi connectivity index (χ2v) is 12.0. The first-order valence-corrected chi connectivity index (χ1v) is 16.1. The molecule has 5 aromatic rings. The Morgan fingerprint density at radius 1 is 0.851 bits per heavy atom. The van der Waals surface area contributed by atoms with Gasteiger partial charge >= 0.3 is 0 Å². The molecule has 2 aliphatic rings. The molecule has 5 N–H and O–H groups in total. The van der Waals surface area contributed by atoms with Gasteiger partial charge in [-0.05, 0) is 111 Å². The maximum atomic E-state index is 10.0. The van der Waals surface area contributed by atoms with Gasteiger partial charge in [-0.1, -0.05) is 25.0 Å². The Hall–Kier alpha value is -5.36. The van der Waals surface area contributed by atoms with Crippen LogP contribution in [-0.2, 0) is 0 Å². The van der Waals surface area contributed by atoms with E-state index in [1.165, 1.54) is 56.2 Å². The number of pyridine rings is 2. The van der Waals surface area contributed by atoms with Gasteiger partial charge in [0.15, 0.2) is 0 Å². The van der Waals surface area contributed by atoms with E-state index < -0.39 is 0 Å². The summed E-state index contributed by atoms with van der Waals surface area (Å²) in [5, 5.41) is 22.0. The minimum atomic E-state index is 0.181. The molecule has 0 spiro atoms. The number of carbonyl (C=O) groups is 1. The molecular formula is C38H44N6O3. The van der Waals surface area contributed by atoms with Crippen LogP contribution in [0.2, 0.25) is 0 Å². The Balaban J connectivity index is 0.000000170. The summed E-state index contributed by atoms with van der Waals surface area (Å²) in [5.41, 5.74) is 11.1. The zero-order valence-corrected chi connectivity index (χ0v) is 27.1. The summed E-state index contributed by atoms with van der Waals surface area (Å²) in [4.78, 5) is 22.1. The highest BCUT2D eigenvalue weighted by atomic mass is 16.3. The summed E-state index contributed by atoms with van der Waals surface area (Å²) in [7, 11) is 0. The lowest BCUT2D eigenvalue weighted by Gasteiger charge is -2.15. The number of rotatable bonds is 4. The van der Waals surface area contributed by atoms with Gasteiger partial charge in [-0.25, -0.2) is 16.5 Å². The number of nitrogen functional groups attached to an aromatic ring is 1. The lowest BCUT2D eigenvalue weighted by Crippen LogP contribution is -2.16. The fraction of sp³-hybridized carbons (Fsp3) is 0.316. The molecule has 0 unspecified atom stereocenters. The van der Waals surface area contributed by atoms with Gasteiger partial charge < -0.3 is 26.1 Å². The first-order valence-electron chi connectivity index (χ1n) is 16.1. The molecule has 3 heterocycles. The molecular weight excluding hydrogens is 588 g/mol. The smallest absolute Gasteiger partial charge is 0.223 e. The highest BCUT2D eigenvalue weighted by Gasteiger charge is 2.20. The quantitative estimate of drug-likeness (QED) is 0.116. The Bertz CT molecular complexity index is 1710. The molecule has 2 aromatic carbocycles. The maximum Gasteiger partial charge on any atom is 0.223 e. The van der Waals surface area contributed by atoms with Crippen molar-refractivity contribution in [3.63, 3.8) is 0 Å². The van der Waals surface area contributed by atoms with E-state index in [1.807, 2.05) is 25.1 Å². The number of aromatic hydroxyl groups is 2. The summed E-state index contributed by atoms with van der Waals surface area (Å²) < 4.78 is 2.15. The van der Waals surface area contributed by atoms with E-state index in [0.717, 1.165) is 47.4 Å². The van der Waals surface area contributed by atoms with E-state index in [-0.39, 0.29) is 11.5 Å². The summed E-state index contributed by atoms with van der Waals surface area (Å²) >= 11 is 0. The summed E-state index contributed by atoms with van der Waals surface area (Å²) in [6, 6.07) is 22.1. The minimum Gasteiger partial charge on any atom is -0.508 e. The van der Waals surface area contributed by atoms with Gasteiger partial charge in [0, 0.05) is 42.4 Å². The van der Waals surface area contributed by atoms with E-state index in [2.05, 4.69) is 44.8 Å². The number of phenols is 2. The van der Waals surface area contributed by atoms with Crippen LogP contribution in [0, 0.1) is 20.4 Å². The van der Waals surface area contributed by atoms with Gasteiger partial charge in [0.1, 0.15) is 40.8 Å². The number of aryl methyl sites for hydroxylation is 2. The highest BCUT2D eigenvalue weighted by molar-refractivity contribution is 5.77. The normalized spacial score (nSPS) is 14.1. The van der Waals surface area contributed by atoms with Crippen LogP contribution in [0.3, 0.4) is 0 Å². The van der Waals surface area contributed by atoms with Crippen LogP contribution in [0.4, 0.5) is 11.6 Å². The minimum absolute atomic E-state index is 0.181. The van der Waals surface area contributed by atoms with E-state index in [1.54, 1.807) is 36.5 Å². The highest BCUT2D eigenvalue weighted by Crippen LogP contribution is 2.32. The monoisotopic (exact) mass is 632 g/mol. The molecule has 2 saturated carbocycles. The third-order valence-corrected chi connectivity index (χ3v) is 8.07. The van der Waals surface area contributed by atoms with Crippen molar-refractivity contribution in [1.29, 1.82) is 0 Å². The maximum absolute atomic E-state index is 10.0. The standard InChI is InChI=1S/C19H21N3O.C7H6O2.C6H8N2.C6H9N/c1-13-6-11-17-21-18(14-7-9-16(23)10-8-14)19(22(17)12-13)20-15-4-2-3-5-15;8-5-6-1-3-7(9)4-2-6;1-5-2-3-6(7)8-4-5;1-7-6-4-2-3-5-6/h6-12,15,20,23H,2-5H2,1H3;1-5,9H;2-4H,1H3,(H2,7,8);6H,2-5H2. The topological polar surface area (TPSA) is 130 Å². The van der Waals surface area contributed by atoms with E-state index >= 15 is 0 Å². The molecule has 2 fully saturated rings. The molecule has 2 aliphatic carbocycles. The van der Waals surface area contributed by atoms with Gasteiger partial charge in [0.2, 0.25) is 6.04 Å². The number of aldehydes is 1. The van der Waals surface area contributed by atoms with Crippen molar-refractivity contribution in [3.05, 3.63) is 113 Å². The van der Waals surface area contributed by atoms with Crippen molar-refractivity contribution in [1.82, 2.24) is 14.4 Å².